The quantitative estimate of drug-likeness (QED) is 0.482. The summed E-state index contributed by atoms with van der Waals surface area (Å²) < 4.78 is 20.8. The molecule has 0 amide bonds. The van der Waals surface area contributed by atoms with Crippen LogP contribution < -0.4 is 10.6 Å². The fraction of sp³-hybridized carbons (Fsp3) is 0.417. The lowest BCUT2D eigenvalue weighted by atomic mass is 9.99. The van der Waals surface area contributed by atoms with Gasteiger partial charge in [0, 0.05) is 50.0 Å². The number of halogens is 2. The van der Waals surface area contributed by atoms with Gasteiger partial charge in [-0.25, -0.2) is 14.4 Å². The van der Waals surface area contributed by atoms with Crippen molar-refractivity contribution in [3.8, 4) is 11.3 Å². The predicted molar refractivity (Wildman–Crippen MR) is 138 cm³/mol. The molecule has 3 aromatic rings. The van der Waals surface area contributed by atoms with E-state index >= 15 is 0 Å². The van der Waals surface area contributed by atoms with Crippen molar-refractivity contribution in [3.05, 3.63) is 47.1 Å². The molecule has 2 N–H and O–H groups in total. The first kappa shape index (κ1) is 24.5. The topological polar surface area (TPSA) is 89.5 Å². The van der Waals surface area contributed by atoms with Crippen LogP contribution in [0.3, 0.4) is 0 Å². The fourth-order valence-electron chi connectivity index (χ4n) is 3.47. The molecule has 1 aliphatic carbocycles. The zero-order chi connectivity index (χ0) is 24.1. The fourth-order valence-corrected chi connectivity index (χ4v) is 4.56. The first-order valence-corrected chi connectivity index (χ1v) is 12.4. The Morgan fingerprint density at radius 1 is 1.18 bits per heavy atom. The summed E-state index contributed by atoms with van der Waals surface area (Å²) in [5.41, 5.74) is 6.67. The third kappa shape index (κ3) is 6.08. The molecule has 2 aliphatic rings. The molecule has 2 fully saturated rings. The summed E-state index contributed by atoms with van der Waals surface area (Å²) in [4.78, 5) is 20.1. The van der Waals surface area contributed by atoms with E-state index in [0.29, 0.717) is 47.0 Å². The molecule has 1 aliphatic heterocycles. The lowest BCUT2D eigenvalue weighted by Crippen LogP contribution is -2.16. The van der Waals surface area contributed by atoms with Crippen molar-refractivity contribution >= 4 is 44.6 Å². The summed E-state index contributed by atoms with van der Waals surface area (Å²) in [6.07, 6.45) is 9.24. The van der Waals surface area contributed by atoms with Gasteiger partial charge in [-0.2, -0.15) is 4.98 Å². The van der Waals surface area contributed by atoms with Gasteiger partial charge >= 0.3 is 0 Å². The normalized spacial score (nSPS) is 16.8. The van der Waals surface area contributed by atoms with E-state index < -0.39 is 5.82 Å². The minimum absolute atomic E-state index is 0.201. The highest BCUT2D eigenvalue weighted by molar-refractivity contribution is 7.22. The van der Waals surface area contributed by atoms with Gasteiger partial charge in [-0.3, -0.25) is 4.99 Å². The Bertz CT molecular complexity index is 1190. The number of thiazole rings is 1. The van der Waals surface area contributed by atoms with Crippen LogP contribution in [0.4, 0.5) is 9.52 Å². The van der Waals surface area contributed by atoms with E-state index in [0.717, 1.165) is 22.7 Å². The molecule has 5 rings (SSSR count). The third-order valence-electron chi connectivity index (χ3n) is 5.46. The van der Waals surface area contributed by atoms with E-state index in [9.17, 15) is 4.39 Å². The molecule has 1 saturated heterocycles. The van der Waals surface area contributed by atoms with Crippen molar-refractivity contribution in [2.75, 3.05) is 32.2 Å². The lowest BCUT2D eigenvalue weighted by Gasteiger charge is -2.21. The van der Waals surface area contributed by atoms with E-state index in [4.69, 9.17) is 32.0 Å². The molecule has 0 radical (unpaired) electrons. The Balaban J connectivity index is 0.000000291. The zero-order valence-electron chi connectivity index (χ0n) is 19.2. The van der Waals surface area contributed by atoms with Gasteiger partial charge in [-0.15, -0.1) is 0 Å². The maximum Gasteiger partial charge on any atom is 0.187 e. The number of nitrogens with two attached hydrogens (primary N) is 1. The van der Waals surface area contributed by atoms with Crippen molar-refractivity contribution in [2.45, 2.75) is 37.6 Å². The molecule has 1 aromatic carbocycles. The Kier molecular flexibility index (Phi) is 8.07. The number of aliphatic imine (C=N–C) groups is 1. The maximum atomic E-state index is 14.6. The maximum absolute atomic E-state index is 14.6. The van der Waals surface area contributed by atoms with Crippen LogP contribution in [0.5, 0.6) is 0 Å². The summed E-state index contributed by atoms with van der Waals surface area (Å²) >= 11 is 7.38. The van der Waals surface area contributed by atoms with Crippen molar-refractivity contribution in [1.29, 1.82) is 0 Å². The van der Waals surface area contributed by atoms with Gasteiger partial charge in [-0.1, -0.05) is 22.9 Å². The number of anilines is 1. The van der Waals surface area contributed by atoms with E-state index in [1.54, 1.807) is 24.4 Å². The average molecular weight is 503 g/mol. The van der Waals surface area contributed by atoms with Crippen LogP contribution in [-0.2, 0) is 4.74 Å². The molecule has 7 nitrogen and oxygen atoms in total. The summed E-state index contributed by atoms with van der Waals surface area (Å²) in [6.45, 7) is 1.38. The van der Waals surface area contributed by atoms with E-state index in [-0.39, 0.29) is 5.92 Å². The van der Waals surface area contributed by atoms with Gasteiger partial charge in [-0.05, 0) is 56.2 Å². The van der Waals surface area contributed by atoms with Crippen molar-refractivity contribution in [3.63, 3.8) is 0 Å². The van der Waals surface area contributed by atoms with E-state index in [2.05, 4.69) is 9.98 Å². The van der Waals surface area contributed by atoms with Gasteiger partial charge in [0.05, 0.1) is 11.7 Å². The Morgan fingerprint density at radius 2 is 1.94 bits per heavy atom. The minimum Gasteiger partial charge on any atom is -0.405 e. The van der Waals surface area contributed by atoms with Crippen molar-refractivity contribution < 1.29 is 9.13 Å². The van der Waals surface area contributed by atoms with Crippen LogP contribution in [0.2, 0.25) is 5.02 Å². The second kappa shape index (κ2) is 11.2. The monoisotopic (exact) mass is 502 g/mol. The average Bonchev–Trinajstić information content (AvgIpc) is 3.55. The standard InChI is InChI=1S/C18H18ClFN4OS.C6H10N2/c1-24(2)18-23-17-15(26-18)14(12-4-3-11(19)9-13(12)20)21-16(22-17)10-5-7-25-8-6-10;7-4-1-5-8-6-2-3-6/h3-4,9-10H,5-8H2,1-2H3;1,4-6H,2-3,7H2/b;4-1-,8-5?. The summed E-state index contributed by atoms with van der Waals surface area (Å²) in [5, 5.41) is 1.17. The van der Waals surface area contributed by atoms with Gasteiger partial charge < -0.3 is 15.4 Å². The largest absolute Gasteiger partial charge is 0.405 e. The molecule has 1 saturated carbocycles. The third-order valence-corrected chi connectivity index (χ3v) is 6.91. The summed E-state index contributed by atoms with van der Waals surface area (Å²) in [6, 6.07) is 5.27. The second-order valence-corrected chi connectivity index (χ2v) is 9.81. The Morgan fingerprint density at radius 3 is 2.59 bits per heavy atom. The SMILES string of the molecule is CN(C)c1nc2nc(C3CCOCC3)nc(-c3ccc(Cl)cc3F)c2s1.N/C=C\C=NC1CC1. The molecule has 0 unspecified atom stereocenters. The van der Waals surface area contributed by atoms with Crippen LogP contribution in [0.15, 0.2) is 35.5 Å². The van der Waals surface area contributed by atoms with Gasteiger partial charge in [0.15, 0.2) is 10.8 Å². The molecule has 2 aromatic heterocycles. The van der Waals surface area contributed by atoms with Crippen molar-refractivity contribution in [1.82, 2.24) is 15.0 Å². The number of nitrogens with zero attached hydrogens (tertiary/aromatic N) is 5. The Labute approximate surface area is 207 Å². The van der Waals surface area contributed by atoms with Crippen LogP contribution in [0, 0.1) is 5.82 Å². The molecule has 180 valence electrons. The van der Waals surface area contributed by atoms with Crippen LogP contribution in [-0.4, -0.2) is 54.5 Å². The molecule has 0 atom stereocenters. The van der Waals surface area contributed by atoms with Gasteiger partial charge in [0.25, 0.3) is 0 Å². The number of benzene rings is 1. The number of hydrogen-bond acceptors (Lipinski definition) is 8. The van der Waals surface area contributed by atoms with E-state index in [1.807, 2.05) is 19.0 Å². The number of rotatable bonds is 5. The summed E-state index contributed by atoms with van der Waals surface area (Å²) in [7, 11) is 3.85. The molecular weight excluding hydrogens is 475 g/mol. The smallest absolute Gasteiger partial charge is 0.187 e. The summed E-state index contributed by atoms with van der Waals surface area (Å²) in [5.74, 6) is 0.516. The van der Waals surface area contributed by atoms with Gasteiger partial charge in [0.1, 0.15) is 16.3 Å². The Hall–Kier alpha value is -2.62. The number of ether oxygens (including phenoxy) is 1. The minimum atomic E-state index is -0.393. The van der Waals surface area contributed by atoms with Crippen LogP contribution in [0.1, 0.15) is 37.4 Å². The van der Waals surface area contributed by atoms with Crippen LogP contribution >= 0.6 is 22.9 Å². The first-order chi connectivity index (χ1) is 16.5. The molecule has 10 heteroatoms. The van der Waals surface area contributed by atoms with Crippen LogP contribution in [0.25, 0.3) is 21.6 Å². The predicted octanol–water partition coefficient (Wildman–Crippen LogP) is 5.20. The number of hydrogen-bond donors (Lipinski definition) is 1. The second-order valence-electron chi connectivity index (χ2n) is 8.40. The van der Waals surface area contributed by atoms with E-state index in [1.165, 1.54) is 36.4 Å². The highest BCUT2D eigenvalue weighted by atomic mass is 35.5. The van der Waals surface area contributed by atoms with Gasteiger partial charge in [0.2, 0.25) is 0 Å². The molecule has 3 heterocycles. The highest BCUT2D eigenvalue weighted by Crippen LogP contribution is 2.37. The van der Waals surface area contributed by atoms with Crippen molar-refractivity contribution in [2.24, 2.45) is 10.7 Å². The number of fused-ring (bicyclic) bond motifs is 1. The highest BCUT2D eigenvalue weighted by Gasteiger charge is 2.24. The number of aromatic nitrogens is 3. The number of allylic oxidation sites excluding steroid dienone is 1. The molecule has 0 bridgehead atoms. The molecule has 0 spiro atoms. The zero-order valence-corrected chi connectivity index (χ0v) is 20.8. The first-order valence-electron chi connectivity index (χ1n) is 11.2. The lowest BCUT2D eigenvalue weighted by molar-refractivity contribution is 0.0836. The molecular formula is C24H28ClFN6OS. The molecule has 34 heavy (non-hydrogen) atoms.